The molecule has 2 rings (SSSR count). The monoisotopic (exact) mass is 338 g/mol. The number of nitrogens with one attached hydrogen (secondary N) is 2. The van der Waals surface area contributed by atoms with E-state index in [2.05, 4.69) is 15.4 Å². The number of halogens is 1. The quantitative estimate of drug-likeness (QED) is 0.842. The minimum Gasteiger partial charge on any atom is -0.465 e. The molecule has 1 aromatic carbocycles. The maximum absolute atomic E-state index is 11.8. The fourth-order valence-corrected chi connectivity index (χ4v) is 2.38. The number of anilines is 1. The van der Waals surface area contributed by atoms with Crippen molar-refractivity contribution in [2.45, 2.75) is 0 Å². The first-order valence-corrected chi connectivity index (χ1v) is 7.30. The molecule has 22 heavy (non-hydrogen) atoms. The van der Waals surface area contributed by atoms with Crippen molar-refractivity contribution in [3.05, 3.63) is 51.2 Å². The Labute approximate surface area is 135 Å². The van der Waals surface area contributed by atoms with Crippen molar-refractivity contribution in [3.63, 3.8) is 0 Å². The van der Waals surface area contributed by atoms with Gasteiger partial charge >= 0.3 is 12.0 Å². The lowest BCUT2D eigenvalue weighted by Crippen LogP contribution is -2.34. The van der Waals surface area contributed by atoms with Gasteiger partial charge in [-0.25, -0.2) is 9.59 Å². The van der Waals surface area contributed by atoms with Crippen LogP contribution in [0, 0.1) is 0 Å². The van der Waals surface area contributed by atoms with Crippen molar-refractivity contribution in [3.8, 4) is 0 Å². The molecule has 0 fully saturated rings. The normalized spacial score (nSPS) is 9.91. The predicted molar refractivity (Wildman–Crippen MR) is 83.6 cm³/mol. The Kier molecular flexibility index (Phi) is 5.13. The van der Waals surface area contributed by atoms with Gasteiger partial charge in [0.1, 0.15) is 0 Å². The zero-order valence-electron chi connectivity index (χ0n) is 11.4. The smallest absolute Gasteiger partial charge is 0.337 e. The number of methoxy groups -OCH3 is 1. The van der Waals surface area contributed by atoms with E-state index in [-0.39, 0.29) is 16.3 Å². The standard InChI is InChI=1S/C14H11ClN2O4S/c1-21-13(19)8-4-5-9(15)10(7-8)16-14(20)17-12(18)11-3-2-6-22-11/h2-7H,1H3,(H2,16,17,18,20). The number of amides is 3. The van der Waals surface area contributed by atoms with Gasteiger partial charge in [0.05, 0.1) is 28.3 Å². The Morgan fingerprint density at radius 2 is 2.00 bits per heavy atom. The maximum Gasteiger partial charge on any atom is 0.337 e. The highest BCUT2D eigenvalue weighted by Crippen LogP contribution is 2.23. The molecule has 3 amide bonds. The number of thiophene rings is 1. The third kappa shape index (κ3) is 3.84. The van der Waals surface area contributed by atoms with E-state index in [4.69, 9.17) is 11.6 Å². The van der Waals surface area contributed by atoms with E-state index in [0.717, 1.165) is 0 Å². The third-order valence-electron chi connectivity index (χ3n) is 2.61. The number of urea groups is 1. The van der Waals surface area contributed by atoms with Gasteiger partial charge in [-0.2, -0.15) is 0 Å². The minimum atomic E-state index is -0.748. The second-order valence-corrected chi connectivity index (χ2v) is 5.43. The van der Waals surface area contributed by atoms with Gasteiger partial charge in [0.25, 0.3) is 5.91 Å². The predicted octanol–water partition coefficient (Wildman–Crippen LogP) is 3.15. The number of ether oxygens (including phenoxy) is 1. The summed E-state index contributed by atoms with van der Waals surface area (Å²) in [6.45, 7) is 0. The number of hydrogen-bond donors (Lipinski definition) is 2. The molecule has 0 aliphatic heterocycles. The average Bonchev–Trinajstić information content (AvgIpc) is 3.03. The Morgan fingerprint density at radius 1 is 1.23 bits per heavy atom. The number of esters is 1. The summed E-state index contributed by atoms with van der Waals surface area (Å²) >= 11 is 7.16. The topological polar surface area (TPSA) is 84.5 Å². The summed E-state index contributed by atoms with van der Waals surface area (Å²) in [7, 11) is 1.25. The number of carbonyl (C=O) groups is 3. The third-order valence-corrected chi connectivity index (χ3v) is 3.81. The van der Waals surface area contributed by atoms with E-state index in [1.807, 2.05) is 0 Å². The summed E-state index contributed by atoms with van der Waals surface area (Å²) < 4.78 is 4.59. The van der Waals surface area contributed by atoms with Gasteiger partial charge in [-0.15, -0.1) is 11.3 Å². The molecule has 2 N–H and O–H groups in total. The molecule has 1 aromatic heterocycles. The van der Waals surface area contributed by atoms with Crippen LogP contribution >= 0.6 is 22.9 Å². The molecule has 0 saturated carbocycles. The number of imide groups is 1. The Bertz CT molecular complexity index is 716. The average molecular weight is 339 g/mol. The van der Waals surface area contributed by atoms with Gasteiger partial charge in [-0.3, -0.25) is 10.1 Å². The van der Waals surface area contributed by atoms with Crippen LogP contribution in [0.25, 0.3) is 0 Å². The minimum absolute atomic E-state index is 0.195. The molecule has 1 heterocycles. The van der Waals surface area contributed by atoms with Crippen LogP contribution in [0.2, 0.25) is 5.02 Å². The highest BCUT2D eigenvalue weighted by Gasteiger charge is 2.14. The number of rotatable bonds is 3. The van der Waals surface area contributed by atoms with Crippen molar-refractivity contribution in [2.75, 3.05) is 12.4 Å². The summed E-state index contributed by atoms with van der Waals surface area (Å²) in [5, 5.41) is 6.54. The lowest BCUT2D eigenvalue weighted by atomic mass is 10.2. The second kappa shape index (κ2) is 7.06. The highest BCUT2D eigenvalue weighted by atomic mass is 35.5. The van der Waals surface area contributed by atoms with Crippen LogP contribution in [-0.2, 0) is 4.74 Å². The number of hydrogen-bond acceptors (Lipinski definition) is 5. The molecular formula is C14H11ClN2O4S. The molecule has 0 atom stereocenters. The van der Waals surface area contributed by atoms with Gasteiger partial charge in [-0.05, 0) is 29.6 Å². The van der Waals surface area contributed by atoms with Crippen LogP contribution in [0.3, 0.4) is 0 Å². The zero-order chi connectivity index (χ0) is 16.1. The fraction of sp³-hybridized carbons (Fsp3) is 0.0714. The molecule has 0 bridgehead atoms. The van der Waals surface area contributed by atoms with E-state index < -0.39 is 17.9 Å². The zero-order valence-corrected chi connectivity index (χ0v) is 13.0. The maximum atomic E-state index is 11.8. The first-order valence-electron chi connectivity index (χ1n) is 6.05. The first-order chi connectivity index (χ1) is 10.5. The van der Waals surface area contributed by atoms with Crippen molar-refractivity contribution < 1.29 is 19.1 Å². The molecule has 0 saturated heterocycles. The van der Waals surface area contributed by atoms with E-state index >= 15 is 0 Å². The Balaban J connectivity index is 2.08. The largest absolute Gasteiger partial charge is 0.465 e. The lowest BCUT2D eigenvalue weighted by Gasteiger charge is -2.09. The van der Waals surface area contributed by atoms with Crippen LogP contribution in [0.1, 0.15) is 20.0 Å². The van der Waals surface area contributed by atoms with Crippen molar-refractivity contribution in [1.29, 1.82) is 0 Å². The van der Waals surface area contributed by atoms with Gasteiger partial charge in [0.2, 0.25) is 0 Å². The van der Waals surface area contributed by atoms with Crippen molar-refractivity contribution in [1.82, 2.24) is 5.32 Å². The van der Waals surface area contributed by atoms with E-state index in [1.165, 1.54) is 36.6 Å². The summed E-state index contributed by atoms with van der Waals surface area (Å²) in [4.78, 5) is 35.4. The van der Waals surface area contributed by atoms with E-state index in [0.29, 0.717) is 4.88 Å². The van der Waals surface area contributed by atoms with Crippen LogP contribution in [0.4, 0.5) is 10.5 Å². The Morgan fingerprint density at radius 3 is 2.64 bits per heavy atom. The first kappa shape index (κ1) is 16.0. The molecular weight excluding hydrogens is 328 g/mol. The van der Waals surface area contributed by atoms with Crippen molar-refractivity contribution >= 4 is 46.5 Å². The van der Waals surface area contributed by atoms with Crippen LogP contribution in [-0.4, -0.2) is 25.0 Å². The van der Waals surface area contributed by atoms with Crippen LogP contribution < -0.4 is 10.6 Å². The van der Waals surface area contributed by atoms with Crippen molar-refractivity contribution in [2.24, 2.45) is 0 Å². The lowest BCUT2D eigenvalue weighted by molar-refractivity contribution is 0.0600. The molecule has 114 valence electrons. The molecule has 0 radical (unpaired) electrons. The van der Waals surface area contributed by atoms with Gasteiger partial charge in [0, 0.05) is 0 Å². The van der Waals surface area contributed by atoms with E-state index in [9.17, 15) is 14.4 Å². The molecule has 0 aliphatic rings. The molecule has 0 aliphatic carbocycles. The summed E-state index contributed by atoms with van der Waals surface area (Å²) in [5.74, 6) is -1.08. The Hall–Kier alpha value is -2.38. The fourth-order valence-electron chi connectivity index (χ4n) is 1.59. The molecule has 0 spiro atoms. The van der Waals surface area contributed by atoms with Crippen LogP contribution in [0.15, 0.2) is 35.7 Å². The van der Waals surface area contributed by atoms with Gasteiger partial charge in [0.15, 0.2) is 0 Å². The van der Waals surface area contributed by atoms with E-state index in [1.54, 1.807) is 17.5 Å². The summed E-state index contributed by atoms with van der Waals surface area (Å²) in [6.07, 6.45) is 0. The molecule has 6 nitrogen and oxygen atoms in total. The molecule has 0 unspecified atom stereocenters. The molecule has 8 heteroatoms. The second-order valence-electron chi connectivity index (χ2n) is 4.07. The highest BCUT2D eigenvalue weighted by molar-refractivity contribution is 7.12. The number of carbonyl (C=O) groups excluding carboxylic acids is 3. The molecule has 2 aromatic rings. The van der Waals surface area contributed by atoms with Gasteiger partial charge in [-0.1, -0.05) is 17.7 Å². The van der Waals surface area contributed by atoms with Gasteiger partial charge < -0.3 is 10.1 Å². The summed E-state index contributed by atoms with van der Waals surface area (Å²) in [5.41, 5.74) is 0.424. The van der Waals surface area contributed by atoms with Crippen LogP contribution in [0.5, 0.6) is 0 Å². The SMILES string of the molecule is COC(=O)c1ccc(Cl)c(NC(=O)NC(=O)c2cccs2)c1. The summed E-state index contributed by atoms with van der Waals surface area (Å²) in [6, 6.07) is 6.83. The number of benzene rings is 1.